The van der Waals surface area contributed by atoms with E-state index in [4.69, 9.17) is 6.42 Å². The van der Waals surface area contributed by atoms with E-state index < -0.39 is 0 Å². The molecule has 1 aromatic heterocycles. The van der Waals surface area contributed by atoms with Gasteiger partial charge in [-0.1, -0.05) is 5.92 Å². The van der Waals surface area contributed by atoms with Crippen molar-refractivity contribution < 1.29 is 0 Å². The van der Waals surface area contributed by atoms with E-state index in [9.17, 15) is 0 Å². The lowest BCUT2D eigenvalue weighted by molar-refractivity contribution is 0.696. The minimum atomic E-state index is 1.14. The lowest BCUT2D eigenvalue weighted by Gasteiger charge is -2.10. The molecule has 0 spiro atoms. The van der Waals surface area contributed by atoms with Gasteiger partial charge in [0.1, 0.15) is 0 Å². The fourth-order valence-electron chi connectivity index (χ4n) is 1.61. The van der Waals surface area contributed by atoms with E-state index in [1.54, 1.807) is 0 Å². The summed E-state index contributed by atoms with van der Waals surface area (Å²) in [6.07, 6.45) is 10.5. The molecule has 1 heteroatoms. The van der Waals surface area contributed by atoms with Gasteiger partial charge in [-0.15, -0.1) is 17.8 Å². The summed E-state index contributed by atoms with van der Waals surface area (Å²) in [5, 5.41) is 2.12. The summed E-state index contributed by atoms with van der Waals surface area (Å²) in [6.45, 7) is 0. The lowest BCUT2D eigenvalue weighted by Crippen LogP contribution is -1.99. The molecule has 1 aromatic rings. The van der Waals surface area contributed by atoms with Crippen LogP contribution in [0.25, 0.3) is 0 Å². The van der Waals surface area contributed by atoms with Crippen LogP contribution in [-0.4, -0.2) is 0 Å². The first-order valence-corrected chi connectivity index (χ1v) is 4.85. The highest BCUT2D eigenvalue weighted by molar-refractivity contribution is 7.10. The molecule has 0 atom stereocenters. The normalized spacial score (nSPS) is 15.5. The molecule has 1 aliphatic rings. The number of rotatable bonds is 0. The maximum absolute atomic E-state index is 5.38. The van der Waals surface area contributed by atoms with Crippen LogP contribution in [0.5, 0.6) is 0 Å². The maximum atomic E-state index is 5.38. The summed E-state index contributed by atoms with van der Waals surface area (Å²) in [6, 6.07) is 0. The van der Waals surface area contributed by atoms with Crippen molar-refractivity contribution in [2.24, 2.45) is 0 Å². The second-order valence-corrected chi connectivity index (χ2v) is 3.87. The lowest BCUT2D eigenvalue weighted by atomic mass is 9.96. The second-order valence-electron chi connectivity index (χ2n) is 2.90. The van der Waals surface area contributed by atoms with Crippen molar-refractivity contribution in [1.82, 2.24) is 0 Å². The Labute approximate surface area is 71.3 Å². The largest absolute Gasteiger partial charge is 0.147 e. The van der Waals surface area contributed by atoms with Crippen LogP contribution in [-0.2, 0) is 12.8 Å². The molecule has 0 saturated carbocycles. The smallest absolute Gasteiger partial charge is 0.0384 e. The Bertz CT molecular complexity index is 301. The van der Waals surface area contributed by atoms with Gasteiger partial charge in [-0.3, -0.25) is 0 Å². The van der Waals surface area contributed by atoms with Crippen molar-refractivity contribution in [3.8, 4) is 12.3 Å². The van der Waals surface area contributed by atoms with Crippen LogP contribution >= 0.6 is 11.3 Å². The first-order chi connectivity index (χ1) is 5.42. The second kappa shape index (κ2) is 2.71. The van der Waals surface area contributed by atoms with Crippen LogP contribution in [0.1, 0.15) is 28.8 Å². The van der Waals surface area contributed by atoms with E-state index in [0.717, 1.165) is 5.56 Å². The minimum absolute atomic E-state index is 1.14. The van der Waals surface area contributed by atoms with Gasteiger partial charge in [0.2, 0.25) is 0 Å². The minimum Gasteiger partial charge on any atom is -0.147 e. The molecule has 1 aliphatic carbocycles. The van der Waals surface area contributed by atoms with Crippen molar-refractivity contribution in [3.63, 3.8) is 0 Å². The highest BCUT2D eigenvalue weighted by atomic mass is 32.1. The SMILES string of the molecule is C#Cc1csc2c1CCCC2. The number of thiophene rings is 1. The molecular formula is C10H10S. The Morgan fingerprint density at radius 3 is 3.00 bits per heavy atom. The molecule has 1 heterocycles. The van der Waals surface area contributed by atoms with E-state index in [2.05, 4.69) is 11.3 Å². The third-order valence-corrected chi connectivity index (χ3v) is 3.31. The summed E-state index contributed by atoms with van der Waals surface area (Å²) >= 11 is 1.83. The number of hydrogen-bond acceptors (Lipinski definition) is 1. The highest BCUT2D eigenvalue weighted by Crippen LogP contribution is 2.29. The number of aryl methyl sites for hydroxylation is 1. The molecule has 0 nitrogen and oxygen atoms in total. The van der Waals surface area contributed by atoms with Crippen molar-refractivity contribution in [2.75, 3.05) is 0 Å². The van der Waals surface area contributed by atoms with Gasteiger partial charge < -0.3 is 0 Å². The average molecular weight is 162 g/mol. The molecule has 0 bridgehead atoms. The third-order valence-electron chi connectivity index (χ3n) is 2.22. The zero-order valence-electron chi connectivity index (χ0n) is 6.39. The van der Waals surface area contributed by atoms with Crippen LogP contribution in [0, 0.1) is 12.3 Å². The van der Waals surface area contributed by atoms with Gasteiger partial charge >= 0.3 is 0 Å². The number of fused-ring (bicyclic) bond motifs is 1. The molecule has 56 valence electrons. The molecule has 0 N–H and O–H groups in total. The molecule has 0 aliphatic heterocycles. The highest BCUT2D eigenvalue weighted by Gasteiger charge is 2.13. The first-order valence-electron chi connectivity index (χ1n) is 3.97. The molecule has 2 rings (SSSR count). The standard InChI is InChI=1S/C10H10S/c1-2-8-7-11-10-6-4-3-5-9(8)10/h1,7H,3-6H2. The predicted octanol–water partition coefficient (Wildman–Crippen LogP) is 2.61. The van der Waals surface area contributed by atoms with Gasteiger partial charge in [-0.2, -0.15) is 0 Å². The summed E-state index contributed by atoms with van der Waals surface area (Å²) in [4.78, 5) is 1.53. The predicted molar refractivity (Wildman–Crippen MR) is 48.9 cm³/mol. The quantitative estimate of drug-likeness (QED) is 0.514. The summed E-state index contributed by atoms with van der Waals surface area (Å²) in [7, 11) is 0. The fourth-order valence-corrected chi connectivity index (χ4v) is 2.70. The van der Waals surface area contributed by atoms with Crippen molar-refractivity contribution in [3.05, 3.63) is 21.4 Å². The van der Waals surface area contributed by atoms with E-state index in [0.29, 0.717) is 0 Å². The Hall–Kier alpha value is -0.740. The van der Waals surface area contributed by atoms with Crippen LogP contribution in [0.3, 0.4) is 0 Å². The molecule has 11 heavy (non-hydrogen) atoms. The first kappa shape index (κ1) is 6.94. The fraction of sp³-hybridized carbons (Fsp3) is 0.400. The maximum Gasteiger partial charge on any atom is 0.0384 e. The molecule has 0 aromatic carbocycles. The number of terminal acetylenes is 1. The number of hydrogen-bond donors (Lipinski definition) is 0. The van der Waals surface area contributed by atoms with Crippen LogP contribution < -0.4 is 0 Å². The Morgan fingerprint density at radius 1 is 1.36 bits per heavy atom. The van der Waals surface area contributed by atoms with Crippen LogP contribution in [0.2, 0.25) is 0 Å². The van der Waals surface area contributed by atoms with E-state index in [-0.39, 0.29) is 0 Å². The van der Waals surface area contributed by atoms with Gasteiger partial charge in [-0.05, 0) is 31.2 Å². The van der Waals surface area contributed by atoms with Gasteiger partial charge in [0, 0.05) is 15.8 Å². The van der Waals surface area contributed by atoms with Crippen molar-refractivity contribution >= 4 is 11.3 Å². The summed E-state index contributed by atoms with van der Waals surface area (Å²) < 4.78 is 0. The zero-order valence-corrected chi connectivity index (χ0v) is 7.21. The Morgan fingerprint density at radius 2 is 2.18 bits per heavy atom. The monoisotopic (exact) mass is 162 g/mol. The van der Waals surface area contributed by atoms with Gasteiger partial charge in [0.05, 0.1) is 0 Å². The van der Waals surface area contributed by atoms with Gasteiger partial charge in [0.25, 0.3) is 0 Å². The van der Waals surface area contributed by atoms with Crippen molar-refractivity contribution in [2.45, 2.75) is 25.7 Å². The van der Waals surface area contributed by atoms with E-state index in [1.165, 1.54) is 36.1 Å². The molecule has 0 amide bonds. The zero-order chi connectivity index (χ0) is 7.68. The van der Waals surface area contributed by atoms with E-state index >= 15 is 0 Å². The summed E-state index contributed by atoms with van der Waals surface area (Å²) in [5.74, 6) is 2.75. The molecular weight excluding hydrogens is 152 g/mol. The molecule has 0 saturated heterocycles. The molecule has 0 unspecified atom stereocenters. The average Bonchev–Trinajstić information content (AvgIpc) is 2.47. The van der Waals surface area contributed by atoms with E-state index in [1.807, 2.05) is 11.3 Å². The summed E-state index contributed by atoms with van der Waals surface area (Å²) in [5.41, 5.74) is 2.61. The Balaban J connectivity index is 2.48. The van der Waals surface area contributed by atoms with Gasteiger partial charge in [-0.25, -0.2) is 0 Å². The molecule has 0 radical (unpaired) electrons. The van der Waals surface area contributed by atoms with Crippen LogP contribution in [0.4, 0.5) is 0 Å². The van der Waals surface area contributed by atoms with Crippen molar-refractivity contribution in [1.29, 1.82) is 0 Å². The Kier molecular flexibility index (Phi) is 1.71. The van der Waals surface area contributed by atoms with Crippen LogP contribution in [0.15, 0.2) is 5.38 Å². The van der Waals surface area contributed by atoms with Gasteiger partial charge in [0.15, 0.2) is 0 Å². The topological polar surface area (TPSA) is 0 Å². The molecule has 0 fully saturated rings. The third kappa shape index (κ3) is 1.08.